The number of ether oxygens (including phenoxy) is 2. The third-order valence-electron chi connectivity index (χ3n) is 2.55. The number of benzene rings is 1. The number of nitrogens with one attached hydrogen (secondary N) is 1. The molecule has 0 heterocycles. The van der Waals surface area contributed by atoms with E-state index in [4.69, 9.17) is 4.74 Å². The second kappa shape index (κ2) is 7.50. The first-order valence-electron chi connectivity index (χ1n) is 6.20. The van der Waals surface area contributed by atoms with Gasteiger partial charge in [0.2, 0.25) is 0 Å². The molecule has 106 valence electrons. The van der Waals surface area contributed by atoms with Gasteiger partial charge in [-0.2, -0.15) is 0 Å². The van der Waals surface area contributed by atoms with Crippen molar-refractivity contribution in [1.29, 1.82) is 0 Å². The van der Waals surface area contributed by atoms with Gasteiger partial charge in [-0.25, -0.2) is 4.79 Å². The van der Waals surface area contributed by atoms with E-state index < -0.39 is 12.1 Å². The molecule has 1 atom stereocenters. The topological polar surface area (TPSA) is 47.6 Å². The molecule has 5 heteroatoms. The molecular weight excluding hydrogens is 310 g/mol. The summed E-state index contributed by atoms with van der Waals surface area (Å²) in [6.45, 7) is 6.66. The first-order valence-corrected chi connectivity index (χ1v) is 6.99. The van der Waals surface area contributed by atoms with E-state index in [9.17, 15) is 4.79 Å². The average molecular weight is 330 g/mol. The molecule has 0 radical (unpaired) electrons. The summed E-state index contributed by atoms with van der Waals surface area (Å²) in [7, 11) is 1.35. The first kappa shape index (κ1) is 16.0. The van der Waals surface area contributed by atoms with Crippen LogP contribution in [0.1, 0.15) is 26.3 Å². The van der Waals surface area contributed by atoms with Gasteiger partial charge in [0.05, 0.1) is 11.6 Å². The van der Waals surface area contributed by atoms with E-state index in [0.717, 1.165) is 16.6 Å². The van der Waals surface area contributed by atoms with Gasteiger partial charge in [-0.1, -0.05) is 19.9 Å². The standard InChI is InChI=1S/C14H20BrNO3/c1-9(2)16-8-11-5-6-13(12(15)7-11)19-10(3)14(17)18-4/h5-7,9-10,16H,8H2,1-4H3. The lowest BCUT2D eigenvalue weighted by molar-refractivity contribution is -0.147. The van der Waals surface area contributed by atoms with Crippen LogP contribution >= 0.6 is 15.9 Å². The van der Waals surface area contributed by atoms with Gasteiger partial charge >= 0.3 is 5.97 Å². The Morgan fingerprint density at radius 2 is 2.05 bits per heavy atom. The van der Waals surface area contributed by atoms with E-state index >= 15 is 0 Å². The average Bonchev–Trinajstić information content (AvgIpc) is 2.38. The molecule has 1 N–H and O–H groups in total. The van der Waals surface area contributed by atoms with Crippen molar-refractivity contribution < 1.29 is 14.3 Å². The van der Waals surface area contributed by atoms with Crippen molar-refractivity contribution in [2.24, 2.45) is 0 Å². The predicted molar refractivity (Wildman–Crippen MR) is 78.2 cm³/mol. The van der Waals surface area contributed by atoms with Crippen molar-refractivity contribution in [1.82, 2.24) is 5.32 Å². The Morgan fingerprint density at radius 3 is 2.58 bits per heavy atom. The highest BCUT2D eigenvalue weighted by Crippen LogP contribution is 2.27. The van der Waals surface area contributed by atoms with Gasteiger partial charge in [-0.05, 0) is 40.5 Å². The summed E-state index contributed by atoms with van der Waals surface area (Å²) in [6.07, 6.45) is -0.624. The van der Waals surface area contributed by atoms with Crippen LogP contribution in [0.2, 0.25) is 0 Å². The quantitative estimate of drug-likeness (QED) is 0.815. The van der Waals surface area contributed by atoms with Crippen LogP contribution in [0.3, 0.4) is 0 Å². The molecule has 0 saturated carbocycles. The number of carbonyl (C=O) groups excluding carboxylic acids is 1. The summed E-state index contributed by atoms with van der Waals surface area (Å²) in [5, 5.41) is 3.34. The Bertz CT molecular complexity index is 435. The third-order valence-corrected chi connectivity index (χ3v) is 3.17. The lowest BCUT2D eigenvalue weighted by Gasteiger charge is -2.15. The highest BCUT2D eigenvalue weighted by atomic mass is 79.9. The van der Waals surface area contributed by atoms with E-state index in [1.54, 1.807) is 6.92 Å². The van der Waals surface area contributed by atoms with Crippen LogP contribution < -0.4 is 10.1 Å². The lowest BCUT2D eigenvalue weighted by atomic mass is 10.2. The molecule has 4 nitrogen and oxygen atoms in total. The normalized spacial score (nSPS) is 12.3. The minimum absolute atomic E-state index is 0.391. The largest absolute Gasteiger partial charge is 0.478 e. The summed E-state index contributed by atoms with van der Waals surface area (Å²) in [5.41, 5.74) is 1.15. The van der Waals surface area contributed by atoms with Crippen LogP contribution in [-0.4, -0.2) is 25.2 Å². The van der Waals surface area contributed by atoms with E-state index in [-0.39, 0.29) is 0 Å². The Labute approximate surface area is 122 Å². The van der Waals surface area contributed by atoms with Crippen molar-refractivity contribution in [3.05, 3.63) is 28.2 Å². The second-order valence-corrected chi connectivity index (χ2v) is 5.44. The summed E-state index contributed by atoms with van der Waals surface area (Å²) in [5.74, 6) is 0.239. The second-order valence-electron chi connectivity index (χ2n) is 4.58. The van der Waals surface area contributed by atoms with Crippen LogP contribution in [0.4, 0.5) is 0 Å². The molecule has 0 aliphatic heterocycles. The number of carbonyl (C=O) groups is 1. The Hall–Kier alpha value is -1.07. The molecule has 0 bridgehead atoms. The molecule has 19 heavy (non-hydrogen) atoms. The molecule has 0 aliphatic carbocycles. The Balaban J connectivity index is 2.69. The Morgan fingerprint density at radius 1 is 1.37 bits per heavy atom. The fraction of sp³-hybridized carbons (Fsp3) is 0.500. The number of halogens is 1. The molecule has 1 aromatic rings. The van der Waals surface area contributed by atoms with E-state index in [1.165, 1.54) is 7.11 Å². The fourth-order valence-electron chi connectivity index (χ4n) is 1.48. The zero-order valence-corrected chi connectivity index (χ0v) is 13.3. The van der Waals surface area contributed by atoms with Crippen LogP contribution in [0.5, 0.6) is 5.75 Å². The molecule has 1 aromatic carbocycles. The van der Waals surface area contributed by atoms with Crippen LogP contribution in [0.25, 0.3) is 0 Å². The minimum atomic E-state index is -0.624. The SMILES string of the molecule is COC(=O)C(C)Oc1ccc(CNC(C)C)cc1Br. The third kappa shape index (κ3) is 5.20. The van der Waals surface area contributed by atoms with Crippen LogP contribution in [0.15, 0.2) is 22.7 Å². The maximum atomic E-state index is 11.3. The summed E-state index contributed by atoms with van der Waals surface area (Å²) in [4.78, 5) is 11.3. The zero-order chi connectivity index (χ0) is 14.4. The number of methoxy groups -OCH3 is 1. The maximum Gasteiger partial charge on any atom is 0.346 e. The summed E-state index contributed by atoms with van der Waals surface area (Å²) < 4.78 is 11.0. The van der Waals surface area contributed by atoms with E-state index in [1.807, 2.05) is 18.2 Å². The lowest BCUT2D eigenvalue weighted by Crippen LogP contribution is -2.25. The molecule has 1 rings (SSSR count). The first-order chi connectivity index (χ1) is 8.93. The predicted octanol–water partition coefficient (Wildman–Crippen LogP) is 2.89. The van der Waals surface area contributed by atoms with Crippen molar-refractivity contribution in [2.75, 3.05) is 7.11 Å². The van der Waals surface area contributed by atoms with Gasteiger partial charge in [0.25, 0.3) is 0 Å². The smallest absolute Gasteiger partial charge is 0.346 e. The van der Waals surface area contributed by atoms with Gasteiger partial charge < -0.3 is 14.8 Å². The van der Waals surface area contributed by atoms with Gasteiger partial charge in [-0.15, -0.1) is 0 Å². The van der Waals surface area contributed by atoms with Crippen molar-refractivity contribution in [2.45, 2.75) is 39.5 Å². The number of rotatable bonds is 6. The van der Waals surface area contributed by atoms with Gasteiger partial charge in [0.15, 0.2) is 6.10 Å². The van der Waals surface area contributed by atoms with Crippen molar-refractivity contribution >= 4 is 21.9 Å². The number of esters is 1. The number of hydrogen-bond donors (Lipinski definition) is 1. The van der Waals surface area contributed by atoms with Gasteiger partial charge in [-0.3, -0.25) is 0 Å². The van der Waals surface area contributed by atoms with Gasteiger partial charge in [0, 0.05) is 12.6 Å². The minimum Gasteiger partial charge on any atom is -0.478 e. The molecule has 0 saturated heterocycles. The molecule has 0 spiro atoms. The Kier molecular flexibility index (Phi) is 6.31. The zero-order valence-electron chi connectivity index (χ0n) is 11.7. The highest BCUT2D eigenvalue weighted by Gasteiger charge is 2.16. The molecule has 0 amide bonds. The highest BCUT2D eigenvalue weighted by molar-refractivity contribution is 9.10. The van der Waals surface area contributed by atoms with E-state index in [0.29, 0.717) is 11.8 Å². The molecule has 0 aromatic heterocycles. The van der Waals surface area contributed by atoms with Crippen molar-refractivity contribution in [3.8, 4) is 5.75 Å². The van der Waals surface area contributed by atoms with Gasteiger partial charge in [0.1, 0.15) is 5.75 Å². The molecule has 0 fully saturated rings. The fourth-order valence-corrected chi connectivity index (χ4v) is 2.00. The molecular formula is C14H20BrNO3. The summed E-state index contributed by atoms with van der Waals surface area (Å²) >= 11 is 3.45. The number of hydrogen-bond acceptors (Lipinski definition) is 4. The van der Waals surface area contributed by atoms with Crippen molar-refractivity contribution in [3.63, 3.8) is 0 Å². The maximum absolute atomic E-state index is 11.3. The molecule has 1 unspecified atom stereocenters. The summed E-state index contributed by atoms with van der Waals surface area (Å²) in [6, 6.07) is 6.24. The van der Waals surface area contributed by atoms with E-state index in [2.05, 4.69) is 39.8 Å². The molecule has 0 aliphatic rings. The van der Waals surface area contributed by atoms with Crippen LogP contribution in [0, 0.1) is 0 Å². The van der Waals surface area contributed by atoms with Crippen LogP contribution in [-0.2, 0) is 16.1 Å². The monoisotopic (exact) mass is 329 g/mol.